The zero-order valence-corrected chi connectivity index (χ0v) is 10.7. The van der Waals surface area contributed by atoms with E-state index in [2.05, 4.69) is 5.32 Å². The Bertz CT molecular complexity index is 419. The van der Waals surface area contributed by atoms with E-state index in [9.17, 15) is 4.79 Å². The van der Waals surface area contributed by atoms with Crippen LogP contribution in [0.25, 0.3) is 0 Å². The van der Waals surface area contributed by atoms with E-state index in [1.807, 2.05) is 0 Å². The highest BCUT2D eigenvalue weighted by Crippen LogP contribution is 2.21. The van der Waals surface area contributed by atoms with Gasteiger partial charge in [-0.15, -0.1) is 0 Å². The fourth-order valence-corrected chi connectivity index (χ4v) is 1.64. The van der Waals surface area contributed by atoms with E-state index in [4.69, 9.17) is 33.4 Å². The SMILES string of the molecule is CC(CO)(CO)NC(=O)c1ccc(Cl)cc1Cl. The Balaban J connectivity index is 2.90. The molecule has 0 aliphatic heterocycles. The van der Waals surface area contributed by atoms with Crippen LogP contribution in [0, 0.1) is 0 Å². The Labute approximate surface area is 109 Å². The summed E-state index contributed by atoms with van der Waals surface area (Å²) in [5.74, 6) is -0.475. The fourth-order valence-electron chi connectivity index (χ4n) is 1.14. The van der Waals surface area contributed by atoms with Crippen LogP contribution in [0.1, 0.15) is 17.3 Å². The number of rotatable bonds is 4. The summed E-state index contributed by atoms with van der Waals surface area (Å²) in [4.78, 5) is 11.8. The van der Waals surface area contributed by atoms with Gasteiger partial charge in [-0.1, -0.05) is 23.2 Å². The van der Waals surface area contributed by atoms with E-state index in [0.29, 0.717) is 5.02 Å². The predicted molar refractivity (Wildman–Crippen MR) is 66.5 cm³/mol. The Kier molecular flexibility index (Phi) is 4.77. The molecule has 0 aliphatic rings. The van der Waals surface area contributed by atoms with Crippen LogP contribution in [0.15, 0.2) is 18.2 Å². The largest absolute Gasteiger partial charge is 0.394 e. The number of hydrogen-bond acceptors (Lipinski definition) is 3. The Morgan fingerprint density at radius 3 is 2.41 bits per heavy atom. The number of aliphatic hydroxyl groups excluding tert-OH is 2. The third kappa shape index (κ3) is 3.57. The van der Waals surface area contributed by atoms with Gasteiger partial charge >= 0.3 is 0 Å². The smallest absolute Gasteiger partial charge is 0.253 e. The molecule has 0 fully saturated rings. The summed E-state index contributed by atoms with van der Waals surface area (Å²) < 4.78 is 0. The first-order valence-electron chi connectivity index (χ1n) is 4.91. The minimum Gasteiger partial charge on any atom is -0.394 e. The molecule has 1 aromatic rings. The number of benzene rings is 1. The lowest BCUT2D eigenvalue weighted by Crippen LogP contribution is -2.51. The quantitative estimate of drug-likeness (QED) is 0.781. The van der Waals surface area contributed by atoms with E-state index in [0.717, 1.165) is 0 Å². The molecule has 0 atom stereocenters. The van der Waals surface area contributed by atoms with Crippen LogP contribution in [0.2, 0.25) is 10.0 Å². The zero-order chi connectivity index (χ0) is 13.1. The summed E-state index contributed by atoms with van der Waals surface area (Å²) in [7, 11) is 0. The molecular formula is C11H13Cl2NO3. The van der Waals surface area contributed by atoms with Crippen LogP contribution in [0.4, 0.5) is 0 Å². The minimum atomic E-state index is -1.08. The van der Waals surface area contributed by atoms with Crippen molar-refractivity contribution in [3.05, 3.63) is 33.8 Å². The molecule has 6 heteroatoms. The van der Waals surface area contributed by atoms with Crippen molar-refractivity contribution in [3.63, 3.8) is 0 Å². The molecule has 17 heavy (non-hydrogen) atoms. The van der Waals surface area contributed by atoms with Crippen molar-refractivity contribution >= 4 is 29.1 Å². The average Bonchev–Trinajstić information content (AvgIpc) is 2.28. The molecule has 1 aromatic carbocycles. The van der Waals surface area contributed by atoms with Gasteiger partial charge < -0.3 is 15.5 Å². The number of hydrogen-bond donors (Lipinski definition) is 3. The Morgan fingerprint density at radius 1 is 1.35 bits per heavy atom. The molecule has 94 valence electrons. The van der Waals surface area contributed by atoms with Gasteiger partial charge in [0, 0.05) is 5.02 Å². The average molecular weight is 278 g/mol. The van der Waals surface area contributed by atoms with Crippen molar-refractivity contribution in [2.45, 2.75) is 12.5 Å². The Hall–Kier alpha value is -0.810. The highest BCUT2D eigenvalue weighted by Gasteiger charge is 2.25. The lowest BCUT2D eigenvalue weighted by Gasteiger charge is -2.26. The van der Waals surface area contributed by atoms with Gasteiger partial charge in [-0.2, -0.15) is 0 Å². The van der Waals surface area contributed by atoms with Gasteiger partial charge in [-0.25, -0.2) is 0 Å². The normalized spacial score (nSPS) is 11.4. The van der Waals surface area contributed by atoms with Gasteiger partial charge in [0.15, 0.2) is 0 Å². The highest BCUT2D eigenvalue weighted by atomic mass is 35.5. The monoisotopic (exact) mass is 277 g/mol. The van der Waals surface area contributed by atoms with E-state index in [1.54, 1.807) is 0 Å². The molecule has 0 aliphatic carbocycles. The second-order valence-electron chi connectivity index (χ2n) is 3.96. The fraction of sp³-hybridized carbons (Fsp3) is 0.364. The molecule has 0 saturated carbocycles. The highest BCUT2D eigenvalue weighted by molar-refractivity contribution is 6.36. The van der Waals surface area contributed by atoms with E-state index in [1.165, 1.54) is 25.1 Å². The lowest BCUT2D eigenvalue weighted by molar-refractivity contribution is 0.0724. The first-order chi connectivity index (χ1) is 7.91. The number of halogens is 2. The maximum atomic E-state index is 11.8. The van der Waals surface area contributed by atoms with Crippen LogP contribution in [-0.4, -0.2) is 34.9 Å². The molecule has 0 saturated heterocycles. The summed E-state index contributed by atoms with van der Waals surface area (Å²) in [6.45, 7) is 0.773. The molecule has 0 bridgehead atoms. The molecule has 0 spiro atoms. The van der Waals surface area contributed by atoms with Crippen LogP contribution in [-0.2, 0) is 0 Å². The molecule has 1 rings (SSSR count). The number of aliphatic hydroxyl groups is 2. The summed E-state index contributed by atoms with van der Waals surface area (Å²) in [6.07, 6.45) is 0. The maximum Gasteiger partial charge on any atom is 0.253 e. The Morgan fingerprint density at radius 2 is 1.94 bits per heavy atom. The summed E-state index contributed by atoms with van der Waals surface area (Å²) in [5, 5.41) is 21.3. The van der Waals surface area contributed by atoms with Crippen molar-refractivity contribution in [3.8, 4) is 0 Å². The minimum absolute atomic E-state index is 0.216. The summed E-state index contributed by atoms with van der Waals surface area (Å²) in [6, 6.07) is 4.47. The van der Waals surface area contributed by atoms with Gasteiger partial charge in [0.1, 0.15) is 0 Å². The van der Waals surface area contributed by atoms with Crippen molar-refractivity contribution in [1.29, 1.82) is 0 Å². The zero-order valence-electron chi connectivity index (χ0n) is 9.20. The van der Waals surface area contributed by atoms with Gasteiger partial charge in [0.25, 0.3) is 5.91 Å². The van der Waals surface area contributed by atoms with E-state index >= 15 is 0 Å². The van der Waals surface area contributed by atoms with Gasteiger partial charge in [-0.3, -0.25) is 4.79 Å². The number of nitrogens with one attached hydrogen (secondary N) is 1. The third-order valence-electron chi connectivity index (χ3n) is 2.29. The van der Waals surface area contributed by atoms with Crippen molar-refractivity contribution in [2.75, 3.05) is 13.2 Å². The second kappa shape index (κ2) is 5.69. The van der Waals surface area contributed by atoms with E-state index in [-0.39, 0.29) is 23.8 Å². The standard InChI is InChI=1S/C11H13Cl2NO3/c1-11(5-15,6-16)14-10(17)8-3-2-7(12)4-9(8)13/h2-4,15-16H,5-6H2,1H3,(H,14,17). The van der Waals surface area contributed by atoms with Crippen molar-refractivity contribution in [1.82, 2.24) is 5.32 Å². The topological polar surface area (TPSA) is 69.6 Å². The van der Waals surface area contributed by atoms with Crippen molar-refractivity contribution < 1.29 is 15.0 Å². The van der Waals surface area contributed by atoms with Crippen molar-refractivity contribution in [2.24, 2.45) is 0 Å². The summed E-state index contributed by atoms with van der Waals surface area (Å²) in [5.41, 5.74) is -0.843. The predicted octanol–water partition coefficient (Wildman–Crippen LogP) is 1.47. The van der Waals surface area contributed by atoms with Gasteiger partial charge in [0.05, 0.1) is 29.3 Å². The number of amides is 1. The molecule has 1 amide bonds. The molecule has 3 N–H and O–H groups in total. The second-order valence-corrected chi connectivity index (χ2v) is 4.80. The molecule has 4 nitrogen and oxygen atoms in total. The molecular weight excluding hydrogens is 265 g/mol. The molecule has 0 aromatic heterocycles. The van der Waals surface area contributed by atoms with E-state index < -0.39 is 11.4 Å². The third-order valence-corrected chi connectivity index (χ3v) is 2.84. The first kappa shape index (κ1) is 14.3. The van der Waals surface area contributed by atoms with Crippen LogP contribution >= 0.6 is 23.2 Å². The number of carbonyl (C=O) groups excluding carboxylic acids is 1. The molecule has 0 heterocycles. The molecule has 0 unspecified atom stereocenters. The van der Waals surface area contributed by atoms with Gasteiger partial charge in [0.2, 0.25) is 0 Å². The lowest BCUT2D eigenvalue weighted by atomic mass is 10.0. The first-order valence-corrected chi connectivity index (χ1v) is 5.67. The molecule has 0 radical (unpaired) electrons. The van der Waals surface area contributed by atoms with Crippen LogP contribution < -0.4 is 5.32 Å². The van der Waals surface area contributed by atoms with Crippen LogP contribution in [0.3, 0.4) is 0 Å². The van der Waals surface area contributed by atoms with Crippen LogP contribution in [0.5, 0.6) is 0 Å². The van der Waals surface area contributed by atoms with Gasteiger partial charge in [-0.05, 0) is 25.1 Å². The number of carbonyl (C=O) groups is 1. The maximum absolute atomic E-state index is 11.8. The summed E-state index contributed by atoms with van der Waals surface area (Å²) >= 11 is 11.6.